The number of hydrogen-bond acceptors (Lipinski definition) is 2. The van der Waals surface area contributed by atoms with Gasteiger partial charge in [0.1, 0.15) is 0 Å². The van der Waals surface area contributed by atoms with E-state index in [9.17, 15) is 0 Å². The second kappa shape index (κ2) is 7.04. The van der Waals surface area contributed by atoms with E-state index in [1.807, 2.05) is 6.20 Å². The maximum Gasteiger partial charge on any atom is 0.0367 e. The Kier molecular flexibility index (Phi) is 4.87. The van der Waals surface area contributed by atoms with Crippen LogP contribution in [0.2, 0.25) is 0 Å². The van der Waals surface area contributed by atoms with Crippen LogP contribution in [0.25, 0.3) is 10.8 Å². The molecule has 0 radical (unpaired) electrons. The van der Waals surface area contributed by atoms with Crippen LogP contribution < -0.4 is 5.32 Å². The molecule has 2 nitrogen and oxygen atoms in total. The van der Waals surface area contributed by atoms with Gasteiger partial charge in [0.2, 0.25) is 0 Å². The van der Waals surface area contributed by atoms with E-state index in [0.717, 1.165) is 5.92 Å². The van der Waals surface area contributed by atoms with Gasteiger partial charge in [-0.15, -0.1) is 0 Å². The fraction of sp³-hybridized carbons (Fsp3) is 0.526. The minimum absolute atomic E-state index is 0.432. The van der Waals surface area contributed by atoms with Gasteiger partial charge in [-0.3, -0.25) is 4.98 Å². The molecule has 1 unspecified atom stereocenters. The van der Waals surface area contributed by atoms with E-state index < -0.39 is 0 Å². The van der Waals surface area contributed by atoms with Crippen LogP contribution in [0.5, 0.6) is 0 Å². The molecule has 21 heavy (non-hydrogen) atoms. The van der Waals surface area contributed by atoms with Crippen LogP contribution >= 0.6 is 0 Å². The van der Waals surface area contributed by atoms with Crippen LogP contribution in [0.4, 0.5) is 0 Å². The summed E-state index contributed by atoms with van der Waals surface area (Å²) >= 11 is 0. The summed E-state index contributed by atoms with van der Waals surface area (Å²) in [7, 11) is 2.10. The number of benzene rings is 1. The molecule has 0 bridgehead atoms. The lowest BCUT2D eigenvalue weighted by molar-refractivity contribution is 0.300. The third kappa shape index (κ3) is 3.26. The fourth-order valence-electron chi connectivity index (χ4n) is 3.85. The lowest BCUT2D eigenvalue weighted by atomic mass is 9.82. The Balaban J connectivity index is 1.93. The standard InChI is InChI=1S/C19H26N2/c1-20-19(15-9-5-3-2-4-6-10-15)18-14-21-13-16-11-7-8-12-17(16)18/h7-8,11-15,19-20H,2-6,9-10H2,1H3. The molecule has 2 heteroatoms. The zero-order valence-electron chi connectivity index (χ0n) is 13.0. The molecule has 1 heterocycles. The van der Waals surface area contributed by atoms with Gasteiger partial charge < -0.3 is 5.32 Å². The van der Waals surface area contributed by atoms with Gasteiger partial charge in [0.25, 0.3) is 0 Å². The molecule has 0 aliphatic heterocycles. The smallest absolute Gasteiger partial charge is 0.0367 e. The number of hydrogen-bond donors (Lipinski definition) is 1. The van der Waals surface area contributed by atoms with Crippen molar-refractivity contribution in [2.45, 2.75) is 51.0 Å². The number of fused-ring (bicyclic) bond motifs is 1. The van der Waals surface area contributed by atoms with Crippen molar-refractivity contribution < 1.29 is 0 Å². The molecule has 1 aromatic carbocycles. The minimum Gasteiger partial charge on any atom is -0.313 e. The molecule has 112 valence electrons. The molecule has 1 aromatic heterocycles. The number of pyridine rings is 1. The maximum atomic E-state index is 4.48. The fourth-order valence-corrected chi connectivity index (χ4v) is 3.85. The molecule has 0 spiro atoms. The van der Waals surface area contributed by atoms with Crippen molar-refractivity contribution in [3.63, 3.8) is 0 Å². The highest BCUT2D eigenvalue weighted by Gasteiger charge is 2.23. The van der Waals surface area contributed by atoms with E-state index >= 15 is 0 Å². The second-order valence-electron chi connectivity index (χ2n) is 6.32. The Bertz CT molecular complexity index is 565. The van der Waals surface area contributed by atoms with Crippen LogP contribution in [0.3, 0.4) is 0 Å². The summed E-state index contributed by atoms with van der Waals surface area (Å²) in [6.45, 7) is 0. The molecular weight excluding hydrogens is 256 g/mol. The van der Waals surface area contributed by atoms with Crippen molar-refractivity contribution in [1.29, 1.82) is 0 Å². The van der Waals surface area contributed by atoms with E-state index in [1.54, 1.807) is 0 Å². The predicted molar refractivity (Wildman–Crippen MR) is 89.4 cm³/mol. The Morgan fingerprint density at radius 3 is 2.48 bits per heavy atom. The highest BCUT2D eigenvalue weighted by Crippen LogP contribution is 2.35. The van der Waals surface area contributed by atoms with Crippen LogP contribution in [0.1, 0.15) is 56.6 Å². The van der Waals surface area contributed by atoms with Crippen LogP contribution in [-0.4, -0.2) is 12.0 Å². The summed E-state index contributed by atoms with van der Waals surface area (Å²) in [5, 5.41) is 6.19. The SMILES string of the molecule is CNC(c1cncc2ccccc12)C1CCCCCCC1. The average Bonchev–Trinajstić information content (AvgIpc) is 2.50. The van der Waals surface area contributed by atoms with Crippen LogP contribution in [-0.2, 0) is 0 Å². The first-order valence-electron chi connectivity index (χ1n) is 8.40. The first kappa shape index (κ1) is 14.5. The molecule has 2 aromatic rings. The van der Waals surface area contributed by atoms with Crippen molar-refractivity contribution in [3.05, 3.63) is 42.2 Å². The van der Waals surface area contributed by atoms with E-state index in [2.05, 4.69) is 47.8 Å². The van der Waals surface area contributed by atoms with Gasteiger partial charge in [-0.05, 0) is 36.8 Å². The minimum atomic E-state index is 0.432. The van der Waals surface area contributed by atoms with Gasteiger partial charge in [0.05, 0.1) is 0 Å². The number of rotatable bonds is 3. The summed E-state index contributed by atoms with van der Waals surface area (Å²) in [5.74, 6) is 0.739. The number of aromatic nitrogens is 1. The molecule has 0 amide bonds. The first-order chi connectivity index (χ1) is 10.4. The molecule has 3 rings (SSSR count). The monoisotopic (exact) mass is 282 g/mol. The summed E-state index contributed by atoms with van der Waals surface area (Å²) in [6, 6.07) is 9.06. The predicted octanol–water partition coefficient (Wildman–Crippen LogP) is 4.86. The summed E-state index contributed by atoms with van der Waals surface area (Å²) < 4.78 is 0. The van der Waals surface area contributed by atoms with Gasteiger partial charge in [0.15, 0.2) is 0 Å². The van der Waals surface area contributed by atoms with Crippen molar-refractivity contribution >= 4 is 10.8 Å². The van der Waals surface area contributed by atoms with Gasteiger partial charge in [-0.2, -0.15) is 0 Å². The second-order valence-corrected chi connectivity index (χ2v) is 6.32. The Morgan fingerprint density at radius 2 is 1.71 bits per heavy atom. The van der Waals surface area contributed by atoms with E-state index in [1.165, 1.54) is 61.3 Å². The molecule has 1 fully saturated rings. The molecule has 0 saturated heterocycles. The van der Waals surface area contributed by atoms with E-state index in [0.29, 0.717) is 6.04 Å². The summed E-state index contributed by atoms with van der Waals surface area (Å²) in [4.78, 5) is 4.48. The lowest BCUT2D eigenvalue weighted by Crippen LogP contribution is -2.26. The Morgan fingerprint density at radius 1 is 1.00 bits per heavy atom. The Labute approximate surface area is 128 Å². The van der Waals surface area contributed by atoms with Crippen LogP contribution in [0, 0.1) is 5.92 Å². The molecule has 1 saturated carbocycles. The zero-order chi connectivity index (χ0) is 14.5. The number of nitrogens with zero attached hydrogens (tertiary/aromatic N) is 1. The van der Waals surface area contributed by atoms with Crippen molar-refractivity contribution in [3.8, 4) is 0 Å². The third-order valence-corrected chi connectivity index (χ3v) is 4.97. The molecule has 1 aliphatic carbocycles. The molecule has 1 aliphatic rings. The summed E-state index contributed by atoms with van der Waals surface area (Å²) in [5.41, 5.74) is 1.38. The van der Waals surface area contributed by atoms with Crippen molar-refractivity contribution in [2.75, 3.05) is 7.05 Å². The highest BCUT2D eigenvalue weighted by molar-refractivity contribution is 5.85. The molecule has 1 N–H and O–H groups in total. The van der Waals surface area contributed by atoms with Crippen molar-refractivity contribution in [2.24, 2.45) is 5.92 Å². The lowest BCUT2D eigenvalue weighted by Gasteiger charge is -2.29. The van der Waals surface area contributed by atoms with E-state index in [-0.39, 0.29) is 0 Å². The van der Waals surface area contributed by atoms with E-state index in [4.69, 9.17) is 0 Å². The topological polar surface area (TPSA) is 24.9 Å². The van der Waals surface area contributed by atoms with Crippen LogP contribution in [0.15, 0.2) is 36.7 Å². The highest BCUT2D eigenvalue weighted by atomic mass is 14.9. The summed E-state index contributed by atoms with van der Waals surface area (Å²) in [6.07, 6.45) is 13.7. The normalized spacial score (nSPS) is 19.1. The number of nitrogens with one attached hydrogen (secondary N) is 1. The maximum absolute atomic E-state index is 4.48. The molecule has 1 atom stereocenters. The average molecular weight is 282 g/mol. The third-order valence-electron chi connectivity index (χ3n) is 4.97. The van der Waals surface area contributed by atoms with Gasteiger partial charge >= 0.3 is 0 Å². The Hall–Kier alpha value is -1.41. The van der Waals surface area contributed by atoms with Crippen molar-refractivity contribution in [1.82, 2.24) is 10.3 Å². The molecular formula is C19H26N2. The zero-order valence-corrected chi connectivity index (χ0v) is 13.0. The van der Waals surface area contributed by atoms with Gasteiger partial charge in [-0.25, -0.2) is 0 Å². The quantitative estimate of drug-likeness (QED) is 0.870. The van der Waals surface area contributed by atoms with Gasteiger partial charge in [-0.1, -0.05) is 56.4 Å². The largest absolute Gasteiger partial charge is 0.313 e. The first-order valence-corrected chi connectivity index (χ1v) is 8.40. The van der Waals surface area contributed by atoms with Gasteiger partial charge in [0, 0.05) is 23.8 Å².